The number of aromatic nitrogens is 1. The van der Waals surface area contributed by atoms with Crippen molar-refractivity contribution in [1.29, 1.82) is 0 Å². The molecule has 0 spiro atoms. The molecular weight excluding hydrogens is 482 g/mol. The van der Waals surface area contributed by atoms with Gasteiger partial charge in [-0.05, 0) is 66.6 Å². The number of hydrazone groups is 1. The number of halogens is 1. The second-order valence-electron chi connectivity index (χ2n) is 9.68. The number of hydrogen-bond acceptors (Lipinski definition) is 4. The van der Waals surface area contributed by atoms with Crippen LogP contribution in [-0.2, 0) is 4.74 Å². The molecular formula is C31H26ClN3O2. The summed E-state index contributed by atoms with van der Waals surface area (Å²) in [7, 11) is 0. The molecule has 0 bridgehead atoms. The number of carbonyl (C=O) groups is 1. The first-order valence-electron chi connectivity index (χ1n) is 12.0. The van der Waals surface area contributed by atoms with Gasteiger partial charge in [0.1, 0.15) is 11.3 Å². The van der Waals surface area contributed by atoms with Gasteiger partial charge >= 0.3 is 6.09 Å². The lowest BCUT2D eigenvalue weighted by Gasteiger charge is -2.25. The van der Waals surface area contributed by atoms with E-state index in [4.69, 9.17) is 21.4 Å². The van der Waals surface area contributed by atoms with Gasteiger partial charge < -0.3 is 4.74 Å². The van der Waals surface area contributed by atoms with E-state index in [2.05, 4.69) is 53.5 Å². The Labute approximate surface area is 221 Å². The van der Waals surface area contributed by atoms with E-state index in [1.54, 1.807) is 18.3 Å². The maximum absolute atomic E-state index is 13.4. The van der Waals surface area contributed by atoms with Crippen LogP contribution in [0.1, 0.15) is 31.9 Å². The van der Waals surface area contributed by atoms with E-state index in [1.807, 2.05) is 57.2 Å². The van der Waals surface area contributed by atoms with Crippen molar-refractivity contribution < 1.29 is 9.53 Å². The van der Waals surface area contributed by atoms with Crippen molar-refractivity contribution in [1.82, 2.24) is 4.98 Å². The number of pyridine rings is 1. The van der Waals surface area contributed by atoms with E-state index < -0.39 is 11.7 Å². The summed E-state index contributed by atoms with van der Waals surface area (Å²) in [6.45, 7) is 5.43. The lowest BCUT2D eigenvalue weighted by Crippen LogP contribution is -2.35. The third kappa shape index (κ3) is 5.47. The van der Waals surface area contributed by atoms with Crippen LogP contribution in [-0.4, -0.2) is 22.4 Å². The maximum Gasteiger partial charge on any atom is 0.435 e. The number of fused-ring (bicyclic) bond motifs is 2. The highest BCUT2D eigenvalue weighted by Crippen LogP contribution is 2.28. The molecule has 0 N–H and O–H groups in total. The molecule has 6 heteroatoms. The van der Waals surface area contributed by atoms with Gasteiger partial charge in [0.05, 0.1) is 5.71 Å². The van der Waals surface area contributed by atoms with Crippen molar-refractivity contribution in [2.75, 3.05) is 5.01 Å². The van der Waals surface area contributed by atoms with E-state index in [1.165, 1.54) is 5.01 Å². The minimum absolute atomic E-state index is 0.147. The molecule has 1 amide bonds. The van der Waals surface area contributed by atoms with Gasteiger partial charge in [0, 0.05) is 17.3 Å². The molecule has 1 heterocycles. The van der Waals surface area contributed by atoms with Gasteiger partial charge in [0.2, 0.25) is 0 Å². The van der Waals surface area contributed by atoms with Gasteiger partial charge in [-0.1, -0.05) is 84.4 Å². The van der Waals surface area contributed by atoms with Crippen molar-refractivity contribution in [2.24, 2.45) is 5.10 Å². The van der Waals surface area contributed by atoms with Crippen LogP contribution in [0.5, 0.6) is 0 Å². The average Bonchev–Trinajstić information content (AvgIpc) is 2.88. The Balaban J connectivity index is 1.74. The van der Waals surface area contributed by atoms with E-state index in [9.17, 15) is 4.79 Å². The monoisotopic (exact) mass is 507 g/mol. The smallest absolute Gasteiger partial charge is 0.435 e. The first-order valence-corrected chi connectivity index (χ1v) is 12.4. The molecule has 37 heavy (non-hydrogen) atoms. The average molecular weight is 508 g/mol. The fraction of sp³-hybridized carbons (Fsp3) is 0.129. The molecule has 0 saturated carbocycles. The van der Waals surface area contributed by atoms with Crippen LogP contribution in [0.3, 0.4) is 0 Å². The fourth-order valence-corrected chi connectivity index (χ4v) is 4.29. The molecule has 0 aliphatic rings. The van der Waals surface area contributed by atoms with Gasteiger partial charge in [0.25, 0.3) is 0 Å². The number of nitrogens with zero attached hydrogens (tertiary/aromatic N) is 3. The van der Waals surface area contributed by atoms with E-state index >= 15 is 0 Å². The van der Waals surface area contributed by atoms with Gasteiger partial charge in [0.15, 0.2) is 5.15 Å². The normalized spacial score (nSPS) is 11.4. The van der Waals surface area contributed by atoms with Crippen LogP contribution in [0.2, 0.25) is 5.15 Å². The summed E-state index contributed by atoms with van der Waals surface area (Å²) in [5, 5.41) is 10.6. The highest BCUT2D eigenvalue weighted by atomic mass is 35.5. The Morgan fingerprint density at radius 2 is 1.32 bits per heavy atom. The SMILES string of the molecule is CC(C)(C)OC(=O)N(N=C(c1ccc2ccccc2c1)c1ccc2ccccc2c1)c1cccnc1Cl. The van der Waals surface area contributed by atoms with E-state index in [-0.39, 0.29) is 5.15 Å². The van der Waals surface area contributed by atoms with Crippen molar-refractivity contribution in [2.45, 2.75) is 26.4 Å². The standard InChI is InChI=1S/C31H26ClN3O2/c1-31(2,3)37-30(36)35(27-13-8-18-33-29(27)32)34-28(25-16-14-21-9-4-6-11-23(21)19-25)26-17-15-22-10-5-7-12-24(22)20-26/h4-20H,1-3H3. The Morgan fingerprint density at radius 3 is 1.84 bits per heavy atom. The molecule has 0 atom stereocenters. The highest BCUT2D eigenvalue weighted by Gasteiger charge is 2.26. The predicted molar refractivity (Wildman–Crippen MR) is 151 cm³/mol. The third-order valence-corrected chi connectivity index (χ3v) is 6.07. The summed E-state index contributed by atoms with van der Waals surface area (Å²) in [4.78, 5) is 17.6. The minimum Gasteiger partial charge on any atom is -0.442 e. The summed E-state index contributed by atoms with van der Waals surface area (Å²) >= 11 is 6.44. The van der Waals surface area contributed by atoms with Gasteiger partial charge in [-0.15, -0.1) is 0 Å². The molecule has 0 saturated heterocycles. The number of carbonyl (C=O) groups excluding carboxylic acids is 1. The zero-order valence-electron chi connectivity index (χ0n) is 20.9. The molecule has 184 valence electrons. The van der Waals surface area contributed by atoms with Gasteiger partial charge in [-0.2, -0.15) is 10.1 Å². The maximum atomic E-state index is 13.4. The second kappa shape index (κ2) is 10.0. The highest BCUT2D eigenvalue weighted by molar-refractivity contribution is 6.32. The number of ether oxygens (including phenoxy) is 1. The summed E-state index contributed by atoms with van der Waals surface area (Å²) in [5.74, 6) is 0. The molecule has 0 radical (unpaired) electrons. The number of amides is 1. The Kier molecular flexibility index (Phi) is 6.64. The summed E-state index contributed by atoms with van der Waals surface area (Å²) in [6.07, 6.45) is 0.914. The van der Waals surface area contributed by atoms with Crippen LogP contribution in [0.25, 0.3) is 21.5 Å². The van der Waals surface area contributed by atoms with Crippen LogP contribution in [0, 0.1) is 0 Å². The lowest BCUT2D eigenvalue weighted by molar-refractivity contribution is 0.0581. The quantitative estimate of drug-likeness (QED) is 0.140. The van der Waals surface area contributed by atoms with Crippen LogP contribution >= 0.6 is 11.6 Å². The Bertz CT molecular complexity index is 1560. The van der Waals surface area contributed by atoms with Crippen LogP contribution in [0.4, 0.5) is 10.5 Å². The molecule has 0 unspecified atom stereocenters. The second-order valence-corrected chi connectivity index (χ2v) is 10.0. The van der Waals surface area contributed by atoms with Gasteiger partial charge in [-0.25, -0.2) is 9.78 Å². The summed E-state index contributed by atoms with van der Waals surface area (Å²) < 4.78 is 5.72. The molecule has 5 aromatic rings. The van der Waals surface area contributed by atoms with Crippen molar-refractivity contribution >= 4 is 50.6 Å². The molecule has 4 aromatic carbocycles. The first kappa shape index (κ1) is 24.5. The largest absolute Gasteiger partial charge is 0.442 e. The molecule has 0 aliphatic carbocycles. The molecule has 0 fully saturated rings. The van der Waals surface area contributed by atoms with Crippen molar-refractivity contribution in [3.05, 3.63) is 120 Å². The zero-order valence-corrected chi connectivity index (χ0v) is 21.6. The summed E-state index contributed by atoms with van der Waals surface area (Å²) in [5.41, 5.74) is 1.90. The van der Waals surface area contributed by atoms with Crippen molar-refractivity contribution in [3.8, 4) is 0 Å². The molecule has 1 aromatic heterocycles. The zero-order chi connectivity index (χ0) is 26.0. The Hall–Kier alpha value is -4.22. The summed E-state index contributed by atoms with van der Waals surface area (Å²) in [6, 6.07) is 31.9. The number of benzene rings is 4. The van der Waals surface area contributed by atoms with Crippen LogP contribution < -0.4 is 5.01 Å². The first-order chi connectivity index (χ1) is 17.8. The van der Waals surface area contributed by atoms with Crippen molar-refractivity contribution in [3.63, 3.8) is 0 Å². The fourth-order valence-electron chi connectivity index (χ4n) is 4.09. The molecule has 0 aliphatic heterocycles. The number of anilines is 1. The number of rotatable bonds is 4. The van der Waals surface area contributed by atoms with Gasteiger partial charge in [-0.3, -0.25) is 0 Å². The molecule has 5 rings (SSSR count). The lowest BCUT2D eigenvalue weighted by atomic mass is 9.97. The third-order valence-electron chi connectivity index (χ3n) is 5.78. The minimum atomic E-state index is -0.731. The molecule has 5 nitrogen and oxygen atoms in total. The topological polar surface area (TPSA) is 54.8 Å². The Morgan fingerprint density at radius 1 is 0.784 bits per heavy atom. The van der Waals surface area contributed by atoms with E-state index in [0.29, 0.717) is 11.4 Å². The van der Waals surface area contributed by atoms with E-state index in [0.717, 1.165) is 32.7 Å². The van der Waals surface area contributed by atoms with Crippen LogP contribution in [0.15, 0.2) is 108 Å². The predicted octanol–water partition coefficient (Wildman–Crippen LogP) is 8.24. The number of hydrogen-bond donors (Lipinski definition) is 0.